The van der Waals surface area contributed by atoms with Crippen molar-refractivity contribution >= 4 is 11.8 Å². The van der Waals surface area contributed by atoms with Crippen LogP contribution in [0, 0.1) is 5.92 Å². The molecule has 1 N–H and O–H groups in total. The molecule has 2 heterocycles. The standard InChI is InChI=1S/C27H38N4O3/c1-21(32)29-27(17-7-2-3-8-18-27)26-28-24(34-30-26)13-14-25(33)31-19-15-23(16-20-31)12-11-22-9-5-4-6-10-22/h4-6,9-10,23H,2-3,7-8,11-20H2,1H3,(H,29,32). The average Bonchev–Trinajstić information content (AvgIpc) is 3.22. The Morgan fingerprint density at radius 2 is 1.76 bits per heavy atom. The third-order valence-corrected chi connectivity index (χ3v) is 7.47. The van der Waals surface area contributed by atoms with Gasteiger partial charge in [0.25, 0.3) is 0 Å². The molecule has 7 heteroatoms. The molecule has 0 bridgehead atoms. The van der Waals surface area contributed by atoms with E-state index < -0.39 is 5.54 Å². The Bertz CT molecular complexity index is 926. The van der Waals surface area contributed by atoms with Crippen LogP contribution in [-0.4, -0.2) is 39.9 Å². The Balaban J connectivity index is 1.25. The van der Waals surface area contributed by atoms with Gasteiger partial charge in [-0.25, -0.2) is 0 Å². The van der Waals surface area contributed by atoms with Crippen LogP contribution < -0.4 is 5.32 Å². The summed E-state index contributed by atoms with van der Waals surface area (Å²) in [6, 6.07) is 10.6. The topological polar surface area (TPSA) is 88.3 Å². The Morgan fingerprint density at radius 1 is 1.06 bits per heavy atom. The fourth-order valence-corrected chi connectivity index (χ4v) is 5.48. The van der Waals surface area contributed by atoms with Crippen molar-refractivity contribution in [2.24, 2.45) is 5.92 Å². The first-order valence-corrected chi connectivity index (χ1v) is 13.0. The second kappa shape index (κ2) is 11.6. The van der Waals surface area contributed by atoms with Crippen LogP contribution in [0.2, 0.25) is 0 Å². The van der Waals surface area contributed by atoms with Crippen molar-refractivity contribution in [3.63, 3.8) is 0 Å². The zero-order chi connectivity index (χ0) is 23.8. The van der Waals surface area contributed by atoms with Crippen LogP contribution >= 0.6 is 0 Å². The zero-order valence-corrected chi connectivity index (χ0v) is 20.4. The molecule has 1 aliphatic heterocycles. The molecule has 0 radical (unpaired) electrons. The summed E-state index contributed by atoms with van der Waals surface area (Å²) in [6.07, 6.45) is 11.3. The molecule has 1 saturated heterocycles. The monoisotopic (exact) mass is 466 g/mol. The third kappa shape index (κ3) is 6.45. The highest BCUT2D eigenvalue weighted by Gasteiger charge is 2.38. The van der Waals surface area contributed by atoms with E-state index in [2.05, 4.69) is 45.8 Å². The molecule has 34 heavy (non-hydrogen) atoms. The summed E-state index contributed by atoms with van der Waals surface area (Å²) >= 11 is 0. The lowest BCUT2D eigenvalue weighted by molar-refractivity contribution is -0.132. The minimum absolute atomic E-state index is 0.0735. The summed E-state index contributed by atoms with van der Waals surface area (Å²) in [7, 11) is 0. The summed E-state index contributed by atoms with van der Waals surface area (Å²) in [5.41, 5.74) is 0.847. The van der Waals surface area contributed by atoms with Gasteiger partial charge in [-0.3, -0.25) is 9.59 Å². The minimum atomic E-state index is -0.546. The molecule has 7 nitrogen and oxygen atoms in total. The van der Waals surface area contributed by atoms with Gasteiger partial charge < -0.3 is 14.7 Å². The van der Waals surface area contributed by atoms with Gasteiger partial charge in [0, 0.05) is 32.9 Å². The van der Waals surface area contributed by atoms with Gasteiger partial charge in [0.15, 0.2) is 5.82 Å². The van der Waals surface area contributed by atoms with E-state index in [0.29, 0.717) is 30.5 Å². The van der Waals surface area contributed by atoms with E-state index in [1.165, 1.54) is 18.9 Å². The maximum absolute atomic E-state index is 12.8. The highest BCUT2D eigenvalue weighted by molar-refractivity contribution is 5.76. The normalized spacial score (nSPS) is 18.9. The van der Waals surface area contributed by atoms with Crippen LogP contribution in [0.25, 0.3) is 0 Å². The van der Waals surface area contributed by atoms with Gasteiger partial charge in [-0.1, -0.05) is 61.2 Å². The molecule has 1 aliphatic carbocycles. The molecule has 0 atom stereocenters. The SMILES string of the molecule is CC(=O)NC1(c2noc(CCC(=O)N3CCC(CCc4ccccc4)CC3)n2)CCCCCC1. The molecule has 0 unspecified atom stereocenters. The second-order valence-corrected chi connectivity index (χ2v) is 10.0. The fourth-order valence-electron chi connectivity index (χ4n) is 5.48. The van der Waals surface area contributed by atoms with Crippen molar-refractivity contribution in [3.05, 3.63) is 47.6 Å². The number of hydrogen-bond acceptors (Lipinski definition) is 5. The Labute approximate surface area is 202 Å². The van der Waals surface area contributed by atoms with E-state index in [-0.39, 0.29) is 11.8 Å². The number of piperidine rings is 1. The molecule has 4 rings (SSSR count). The number of aromatic nitrogens is 2. The van der Waals surface area contributed by atoms with Crippen molar-refractivity contribution in [2.75, 3.05) is 13.1 Å². The highest BCUT2D eigenvalue weighted by atomic mass is 16.5. The second-order valence-electron chi connectivity index (χ2n) is 10.0. The van der Waals surface area contributed by atoms with Crippen LogP contribution in [0.5, 0.6) is 0 Å². The van der Waals surface area contributed by atoms with Gasteiger partial charge in [0.2, 0.25) is 17.7 Å². The molecule has 2 aromatic rings. The summed E-state index contributed by atoms with van der Waals surface area (Å²) in [4.78, 5) is 31.3. The van der Waals surface area contributed by atoms with Gasteiger partial charge in [-0.05, 0) is 50.0 Å². The van der Waals surface area contributed by atoms with E-state index in [0.717, 1.165) is 70.9 Å². The zero-order valence-electron chi connectivity index (χ0n) is 20.4. The number of rotatable bonds is 8. The molecular weight excluding hydrogens is 428 g/mol. The Kier molecular flexibility index (Phi) is 8.35. The molecule has 2 fully saturated rings. The first-order chi connectivity index (χ1) is 16.5. The number of hydrogen-bond donors (Lipinski definition) is 1. The summed E-state index contributed by atoms with van der Waals surface area (Å²) in [5, 5.41) is 7.33. The smallest absolute Gasteiger partial charge is 0.227 e. The largest absolute Gasteiger partial charge is 0.343 e. The molecule has 2 aliphatic rings. The maximum Gasteiger partial charge on any atom is 0.227 e. The van der Waals surface area contributed by atoms with Crippen LogP contribution in [0.3, 0.4) is 0 Å². The number of carbonyl (C=O) groups is 2. The average molecular weight is 467 g/mol. The summed E-state index contributed by atoms with van der Waals surface area (Å²) in [5.74, 6) is 1.82. The lowest BCUT2D eigenvalue weighted by Crippen LogP contribution is -2.45. The number of likely N-dealkylation sites (tertiary alicyclic amines) is 1. The number of benzene rings is 1. The van der Waals surface area contributed by atoms with Crippen molar-refractivity contribution in [1.82, 2.24) is 20.4 Å². The minimum Gasteiger partial charge on any atom is -0.343 e. The van der Waals surface area contributed by atoms with Crippen molar-refractivity contribution < 1.29 is 14.1 Å². The Hall–Kier alpha value is -2.70. The van der Waals surface area contributed by atoms with E-state index in [4.69, 9.17) is 4.52 Å². The quantitative estimate of drug-likeness (QED) is 0.576. The van der Waals surface area contributed by atoms with Gasteiger partial charge in [-0.15, -0.1) is 0 Å². The summed E-state index contributed by atoms with van der Waals surface area (Å²) in [6.45, 7) is 3.20. The lowest BCUT2D eigenvalue weighted by atomic mass is 9.89. The van der Waals surface area contributed by atoms with Gasteiger partial charge in [0.1, 0.15) is 5.54 Å². The highest BCUT2D eigenvalue weighted by Crippen LogP contribution is 2.34. The van der Waals surface area contributed by atoms with Crippen molar-refractivity contribution in [3.8, 4) is 0 Å². The van der Waals surface area contributed by atoms with Crippen LogP contribution in [0.1, 0.15) is 88.4 Å². The third-order valence-electron chi connectivity index (χ3n) is 7.47. The summed E-state index contributed by atoms with van der Waals surface area (Å²) < 4.78 is 5.51. The number of nitrogens with one attached hydrogen (secondary N) is 1. The number of aryl methyl sites for hydroxylation is 2. The lowest BCUT2D eigenvalue weighted by Gasteiger charge is -2.32. The van der Waals surface area contributed by atoms with E-state index in [9.17, 15) is 9.59 Å². The van der Waals surface area contributed by atoms with E-state index in [1.54, 1.807) is 0 Å². The number of carbonyl (C=O) groups excluding carboxylic acids is 2. The number of amides is 2. The van der Waals surface area contributed by atoms with Gasteiger partial charge in [-0.2, -0.15) is 4.98 Å². The van der Waals surface area contributed by atoms with E-state index >= 15 is 0 Å². The first-order valence-electron chi connectivity index (χ1n) is 13.0. The van der Waals surface area contributed by atoms with Crippen LogP contribution in [0.15, 0.2) is 34.9 Å². The molecular formula is C27H38N4O3. The van der Waals surface area contributed by atoms with Gasteiger partial charge >= 0.3 is 0 Å². The predicted octanol–water partition coefficient (Wildman–Crippen LogP) is 4.56. The van der Waals surface area contributed by atoms with Crippen molar-refractivity contribution in [1.29, 1.82) is 0 Å². The molecule has 1 aromatic heterocycles. The first kappa shape index (κ1) is 24.4. The molecule has 2 amide bonds. The van der Waals surface area contributed by atoms with Gasteiger partial charge in [0.05, 0.1) is 0 Å². The fraction of sp³-hybridized carbons (Fsp3) is 0.630. The molecule has 184 valence electrons. The maximum atomic E-state index is 12.8. The van der Waals surface area contributed by atoms with Crippen LogP contribution in [-0.2, 0) is 28.0 Å². The van der Waals surface area contributed by atoms with Crippen molar-refractivity contribution in [2.45, 2.75) is 89.5 Å². The predicted molar refractivity (Wildman–Crippen MR) is 130 cm³/mol. The number of nitrogens with zero attached hydrogens (tertiary/aromatic N) is 3. The van der Waals surface area contributed by atoms with Crippen LogP contribution in [0.4, 0.5) is 0 Å². The molecule has 1 aromatic carbocycles. The van der Waals surface area contributed by atoms with E-state index in [1.807, 2.05) is 4.90 Å². The molecule has 1 saturated carbocycles. The Morgan fingerprint density at radius 3 is 2.44 bits per heavy atom. The molecule has 0 spiro atoms.